The van der Waals surface area contributed by atoms with Gasteiger partial charge in [0.1, 0.15) is 10.8 Å². The van der Waals surface area contributed by atoms with Crippen LogP contribution in [0.5, 0.6) is 5.75 Å². The molecule has 0 amide bonds. The monoisotopic (exact) mass is 392 g/mol. The van der Waals surface area contributed by atoms with Crippen molar-refractivity contribution in [1.82, 2.24) is 15.0 Å². The Morgan fingerprint density at radius 1 is 1.04 bits per heavy atom. The minimum Gasteiger partial charge on any atom is -0.494 e. The van der Waals surface area contributed by atoms with E-state index in [0.29, 0.717) is 33.9 Å². The van der Waals surface area contributed by atoms with E-state index in [1.807, 2.05) is 30.3 Å². The highest BCUT2D eigenvalue weighted by Gasteiger charge is 2.10. The summed E-state index contributed by atoms with van der Waals surface area (Å²) in [4.78, 5) is 13.0. The molecule has 0 aliphatic rings. The molecule has 0 bridgehead atoms. The SMILES string of the molecule is COc1cc(N)ccc1Nc1ncc(Cl)c(Nc2ccc3ncccc3c2)n1. The molecule has 28 heavy (non-hydrogen) atoms. The van der Waals surface area contributed by atoms with Gasteiger partial charge in [-0.05, 0) is 36.4 Å². The molecule has 0 atom stereocenters. The van der Waals surface area contributed by atoms with Crippen LogP contribution in [0.15, 0.2) is 60.9 Å². The van der Waals surface area contributed by atoms with Crippen molar-refractivity contribution in [1.29, 1.82) is 0 Å². The van der Waals surface area contributed by atoms with Gasteiger partial charge in [-0.25, -0.2) is 4.98 Å². The van der Waals surface area contributed by atoms with Gasteiger partial charge in [0.2, 0.25) is 5.95 Å². The summed E-state index contributed by atoms with van der Waals surface area (Å²) in [5, 5.41) is 7.77. The van der Waals surface area contributed by atoms with Crippen molar-refractivity contribution in [3.8, 4) is 5.75 Å². The first-order chi connectivity index (χ1) is 13.6. The van der Waals surface area contributed by atoms with E-state index in [1.165, 1.54) is 6.20 Å². The molecule has 2 aromatic heterocycles. The third kappa shape index (κ3) is 3.74. The highest BCUT2D eigenvalue weighted by Crippen LogP contribution is 2.30. The van der Waals surface area contributed by atoms with Crippen molar-refractivity contribution in [3.05, 3.63) is 65.9 Å². The second-order valence-corrected chi connectivity index (χ2v) is 6.42. The summed E-state index contributed by atoms with van der Waals surface area (Å²) >= 11 is 6.28. The van der Waals surface area contributed by atoms with Crippen LogP contribution < -0.4 is 21.1 Å². The average molecular weight is 393 g/mol. The Hall–Kier alpha value is -3.58. The number of benzene rings is 2. The zero-order chi connectivity index (χ0) is 19.5. The zero-order valence-corrected chi connectivity index (χ0v) is 15.7. The lowest BCUT2D eigenvalue weighted by Gasteiger charge is -2.13. The predicted octanol–water partition coefficient (Wildman–Crippen LogP) is 4.76. The molecule has 140 valence electrons. The summed E-state index contributed by atoms with van der Waals surface area (Å²) in [6.07, 6.45) is 3.30. The Morgan fingerprint density at radius 2 is 1.93 bits per heavy atom. The van der Waals surface area contributed by atoms with Crippen LogP contribution in [0.3, 0.4) is 0 Å². The quantitative estimate of drug-likeness (QED) is 0.421. The van der Waals surface area contributed by atoms with Crippen molar-refractivity contribution in [2.24, 2.45) is 0 Å². The Kier molecular flexibility index (Phi) is 4.82. The number of ether oxygens (including phenoxy) is 1. The van der Waals surface area contributed by atoms with Gasteiger partial charge in [0.25, 0.3) is 0 Å². The van der Waals surface area contributed by atoms with Gasteiger partial charge in [0.05, 0.1) is 24.5 Å². The molecule has 0 unspecified atom stereocenters. The Balaban J connectivity index is 1.61. The molecule has 0 saturated carbocycles. The number of nitrogens with two attached hydrogens (primary N) is 1. The van der Waals surface area contributed by atoms with Gasteiger partial charge < -0.3 is 21.1 Å². The van der Waals surface area contributed by atoms with Gasteiger partial charge in [-0.15, -0.1) is 0 Å². The van der Waals surface area contributed by atoms with E-state index in [2.05, 4.69) is 25.6 Å². The second kappa shape index (κ2) is 7.58. The third-order valence-electron chi connectivity index (χ3n) is 4.08. The van der Waals surface area contributed by atoms with Crippen LogP contribution in [-0.2, 0) is 0 Å². The average Bonchev–Trinajstić information content (AvgIpc) is 2.71. The maximum Gasteiger partial charge on any atom is 0.229 e. The molecule has 0 saturated heterocycles. The van der Waals surface area contributed by atoms with E-state index in [0.717, 1.165) is 16.6 Å². The second-order valence-electron chi connectivity index (χ2n) is 6.01. The van der Waals surface area contributed by atoms with E-state index in [-0.39, 0.29) is 0 Å². The minimum absolute atomic E-state index is 0.373. The van der Waals surface area contributed by atoms with E-state index in [9.17, 15) is 0 Å². The smallest absolute Gasteiger partial charge is 0.229 e. The number of aromatic nitrogens is 3. The normalized spacial score (nSPS) is 10.6. The van der Waals surface area contributed by atoms with E-state index < -0.39 is 0 Å². The largest absolute Gasteiger partial charge is 0.494 e. The van der Waals surface area contributed by atoms with Crippen molar-refractivity contribution in [2.45, 2.75) is 0 Å². The number of nitrogens with one attached hydrogen (secondary N) is 2. The van der Waals surface area contributed by atoms with E-state index in [1.54, 1.807) is 31.5 Å². The van der Waals surface area contributed by atoms with Gasteiger partial charge in [-0.3, -0.25) is 4.98 Å². The number of rotatable bonds is 5. The molecular weight excluding hydrogens is 376 g/mol. The Bertz CT molecular complexity index is 1150. The summed E-state index contributed by atoms with van der Waals surface area (Å²) in [6, 6.07) is 15.0. The summed E-state index contributed by atoms with van der Waals surface area (Å²) in [7, 11) is 1.57. The van der Waals surface area contributed by atoms with Crippen molar-refractivity contribution >= 4 is 51.3 Å². The molecule has 2 aromatic carbocycles. The lowest BCUT2D eigenvalue weighted by Crippen LogP contribution is -2.03. The van der Waals surface area contributed by atoms with E-state index in [4.69, 9.17) is 22.1 Å². The van der Waals surface area contributed by atoms with Crippen LogP contribution in [0, 0.1) is 0 Å². The molecule has 0 spiro atoms. The number of hydrogen-bond donors (Lipinski definition) is 3. The van der Waals surface area contributed by atoms with Crippen LogP contribution >= 0.6 is 11.6 Å². The van der Waals surface area contributed by atoms with Gasteiger partial charge in [-0.1, -0.05) is 17.7 Å². The number of hydrogen-bond acceptors (Lipinski definition) is 7. The molecule has 8 heteroatoms. The maximum absolute atomic E-state index is 6.28. The third-order valence-corrected chi connectivity index (χ3v) is 4.36. The van der Waals surface area contributed by atoms with Crippen molar-refractivity contribution in [3.63, 3.8) is 0 Å². The summed E-state index contributed by atoms with van der Waals surface area (Å²) in [5.41, 5.74) is 8.86. The van der Waals surface area contributed by atoms with Crippen LogP contribution in [0.1, 0.15) is 0 Å². The first-order valence-corrected chi connectivity index (χ1v) is 8.85. The van der Waals surface area contributed by atoms with Gasteiger partial charge in [0.15, 0.2) is 5.82 Å². The summed E-state index contributed by atoms with van der Waals surface area (Å²) in [6.45, 7) is 0. The fourth-order valence-corrected chi connectivity index (χ4v) is 2.87. The topological polar surface area (TPSA) is 98.0 Å². The van der Waals surface area contributed by atoms with Crippen LogP contribution in [-0.4, -0.2) is 22.1 Å². The molecular formula is C20H17ClN6O. The standard InChI is InChI=1S/C20H17ClN6O/c1-28-18-10-13(22)4-6-17(18)26-20-24-11-15(21)19(27-20)25-14-5-7-16-12(9-14)3-2-8-23-16/h2-11H,22H2,1H3,(H2,24,25,26,27). The number of methoxy groups -OCH3 is 1. The van der Waals surface area contributed by atoms with Crippen molar-refractivity contribution < 1.29 is 4.74 Å². The summed E-state index contributed by atoms with van der Waals surface area (Å²) in [5.74, 6) is 1.45. The molecule has 4 aromatic rings. The molecule has 4 N–H and O–H groups in total. The molecule has 0 fully saturated rings. The van der Waals surface area contributed by atoms with Crippen LogP contribution in [0.4, 0.5) is 28.8 Å². The maximum atomic E-state index is 6.28. The molecule has 2 heterocycles. The highest BCUT2D eigenvalue weighted by molar-refractivity contribution is 6.32. The molecule has 0 radical (unpaired) electrons. The number of pyridine rings is 1. The predicted molar refractivity (Wildman–Crippen MR) is 113 cm³/mol. The molecule has 0 aliphatic carbocycles. The summed E-state index contributed by atoms with van der Waals surface area (Å²) < 4.78 is 5.34. The Labute approximate surface area is 166 Å². The molecule has 0 aliphatic heterocycles. The first kappa shape index (κ1) is 17.8. The van der Waals surface area contributed by atoms with Gasteiger partial charge in [0, 0.05) is 29.0 Å². The van der Waals surface area contributed by atoms with Crippen LogP contribution in [0.2, 0.25) is 5.02 Å². The molecule has 7 nitrogen and oxygen atoms in total. The zero-order valence-electron chi connectivity index (χ0n) is 15.0. The van der Waals surface area contributed by atoms with Crippen molar-refractivity contribution in [2.75, 3.05) is 23.5 Å². The highest BCUT2D eigenvalue weighted by atomic mass is 35.5. The minimum atomic E-state index is 0.373. The first-order valence-electron chi connectivity index (χ1n) is 8.47. The fraction of sp³-hybridized carbons (Fsp3) is 0.0500. The number of halogens is 1. The van der Waals surface area contributed by atoms with E-state index >= 15 is 0 Å². The molecule has 4 rings (SSSR count). The van der Waals surface area contributed by atoms with Crippen LogP contribution in [0.25, 0.3) is 10.9 Å². The number of nitrogens with zero attached hydrogens (tertiary/aromatic N) is 3. The fourth-order valence-electron chi connectivity index (χ4n) is 2.74. The van der Waals surface area contributed by atoms with Gasteiger partial charge in [-0.2, -0.15) is 4.98 Å². The number of nitrogen functional groups attached to an aromatic ring is 1. The lowest BCUT2D eigenvalue weighted by atomic mass is 10.2. The number of fused-ring (bicyclic) bond motifs is 1. The Morgan fingerprint density at radius 3 is 2.79 bits per heavy atom. The number of anilines is 5. The van der Waals surface area contributed by atoms with Gasteiger partial charge >= 0.3 is 0 Å². The lowest BCUT2D eigenvalue weighted by molar-refractivity contribution is 0.417.